The van der Waals surface area contributed by atoms with E-state index in [4.69, 9.17) is 4.74 Å². The maximum absolute atomic E-state index is 12.1. The van der Waals surface area contributed by atoms with E-state index in [0.717, 1.165) is 32.4 Å². The molecule has 0 radical (unpaired) electrons. The van der Waals surface area contributed by atoms with Gasteiger partial charge in [-0.15, -0.1) is 0 Å². The van der Waals surface area contributed by atoms with Gasteiger partial charge in [-0.3, -0.25) is 10.1 Å². The maximum Gasteiger partial charge on any atom is 0.238 e. The van der Waals surface area contributed by atoms with Crippen LogP contribution in [0.2, 0.25) is 0 Å². The lowest BCUT2D eigenvalue weighted by Gasteiger charge is -2.26. The Bertz CT molecular complexity index is 483. The number of nitrogens with one attached hydrogen (secondary N) is 1. The highest BCUT2D eigenvalue weighted by atomic mass is 16.5. The molecule has 4 heteroatoms. The Morgan fingerprint density at radius 3 is 3.00 bits per heavy atom. The molecule has 2 saturated heterocycles. The Hall–Kier alpha value is -1.39. The van der Waals surface area contributed by atoms with E-state index in [9.17, 15) is 4.79 Å². The van der Waals surface area contributed by atoms with Gasteiger partial charge < -0.3 is 9.64 Å². The summed E-state index contributed by atoms with van der Waals surface area (Å²) in [7, 11) is 0. The highest BCUT2D eigenvalue weighted by Gasteiger charge is 2.32. The van der Waals surface area contributed by atoms with Crippen LogP contribution in [0.15, 0.2) is 24.3 Å². The van der Waals surface area contributed by atoms with E-state index in [1.807, 2.05) is 17.0 Å². The lowest BCUT2D eigenvalue weighted by molar-refractivity contribution is -0.128. The number of nitrogens with zero attached hydrogens (tertiary/aromatic N) is 1. The first-order valence-electron chi connectivity index (χ1n) is 7.45. The summed E-state index contributed by atoms with van der Waals surface area (Å²) in [5.41, 5.74) is 2.42. The normalized spacial score (nSPS) is 26.4. The van der Waals surface area contributed by atoms with Crippen LogP contribution in [0, 0.1) is 6.92 Å². The smallest absolute Gasteiger partial charge is 0.238 e. The van der Waals surface area contributed by atoms with Crippen molar-refractivity contribution in [1.82, 2.24) is 10.2 Å². The van der Waals surface area contributed by atoms with Crippen molar-refractivity contribution in [2.24, 2.45) is 0 Å². The van der Waals surface area contributed by atoms with Crippen LogP contribution in [0.4, 0.5) is 0 Å². The molecule has 0 saturated carbocycles. The predicted octanol–water partition coefficient (Wildman–Crippen LogP) is 1.99. The summed E-state index contributed by atoms with van der Waals surface area (Å²) >= 11 is 0. The zero-order valence-electron chi connectivity index (χ0n) is 12.0. The molecule has 1 N–H and O–H groups in total. The molecule has 0 spiro atoms. The number of carbonyl (C=O) groups excluding carboxylic acids is 1. The molecule has 2 fully saturated rings. The minimum absolute atomic E-state index is 0.0186. The van der Waals surface area contributed by atoms with Gasteiger partial charge in [-0.2, -0.15) is 0 Å². The first-order chi connectivity index (χ1) is 9.75. The van der Waals surface area contributed by atoms with E-state index in [2.05, 4.69) is 24.4 Å². The first-order valence-corrected chi connectivity index (χ1v) is 7.45. The summed E-state index contributed by atoms with van der Waals surface area (Å²) in [4.78, 5) is 14.1. The summed E-state index contributed by atoms with van der Waals surface area (Å²) in [6.45, 7) is 4.18. The molecule has 2 heterocycles. The molecule has 0 aliphatic carbocycles. The van der Waals surface area contributed by atoms with Gasteiger partial charge in [0.1, 0.15) is 6.17 Å². The van der Waals surface area contributed by atoms with Crippen LogP contribution < -0.4 is 5.32 Å². The van der Waals surface area contributed by atoms with E-state index in [0.29, 0.717) is 12.6 Å². The molecule has 0 aromatic heterocycles. The average Bonchev–Trinajstić information content (AvgIpc) is 3.07. The standard InChI is InChI=1S/C16H22N2O2/c1-12-5-2-3-7-14(12)16-17-11-15(19)18(16)9-8-13-6-4-10-20-13/h2-3,5,7,13,16-17H,4,6,8-11H2,1H3. The summed E-state index contributed by atoms with van der Waals surface area (Å²) in [6, 6.07) is 8.26. The largest absolute Gasteiger partial charge is 0.378 e. The van der Waals surface area contributed by atoms with Gasteiger partial charge in [0.25, 0.3) is 0 Å². The van der Waals surface area contributed by atoms with Crippen molar-refractivity contribution in [1.29, 1.82) is 0 Å². The van der Waals surface area contributed by atoms with E-state index in [1.165, 1.54) is 11.1 Å². The molecule has 1 amide bonds. The number of hydrogen-bond acceptors (Lipinski definition) is 3. The molecule has 3 rings (SSSR count). The average molecular weight is 274 g/mol. The molecular weight excluding hydrogens is 252 g/mol. The molecule has 2 atom stereocenters. The van der Waals surface area contributed by atoms with Crippen molar-refractivity contribution in [3.8, 4) is 0 Å². The molecular formula is C16H22N2O2. The van der Waals surface area contributed by atoms with Crippen LogP contribution in [0.1, 0.15) is 36.6 Å². The molecule has 2 aliphatic heterocycles. The predicted molar refractivity (Wildman–Crippen MR) is 77.2 cm³/mol. The minimum atomic E-state index is 0.0186. The molecule has 108 valence electrons. The van der Waals surface area contributed by atoms with Gasteiger partial charge >= 0.3 is 0 Å². The molecule has 2 unspecified atom stereocenters. The van der Waals surface area contributed by atoms with E-state index >= 15 is 0 Å². The van der Waals surface area contributed by atoms with E-state index in [-0.39, 0.29) is 12.1 Å². The fourth-order valence-corrected chi connectivity index (χ4v) is 3.12. The van der Waals surface area contributed by atoms with Crippen LogP contribution >= 0.6 is 0 Å². The number of amides is 1. The van der Waals surface area contributed by atoms with Gasteiger partial charge in [-0.1, -0.05) is 24.3 Å². The van der Waals surface area contributed by atoms with Gasteiger partial charge in [0.2, 0.25) is 5.91 Å². The number of carbonyl (C=O) groups is 1. The number of hydrogen-bond donors (Lipinski definition) is 1. The van der Waals surface area contributed by atoms with Gasteiger partial charge in [0.05, 0.1) is 12.6 Å². The molecule has 0 bridgehead atoms. The van der Waals surface area contributed by atoms with Gasteiger partial charge in [0.15, 0.2) is 0 Å². The molecule has 1 aromatic rings. The monoisotopic (exact) mass is 274 g/mol. The Morgan fingerprint density at radius 1 is 1.40 bits per heavy atom. The molecule has 4 nitrogen and oxygen atoms in total. The summed E-state index contributed by atoms with van der Waals surface area (Å²) < 4.78 is 5.65. The zero-order chi connectivity index (χ0) is 13.9. The highest BCUT2D eigenvalue weighted by molar-refractivity contribution is 5.81. The third-order valence-electron chi connectivity index (χ3n) is 4.28. The second-order valence-corrected chi connectivity index (χ2v) is 5.65. The van der Waals surface area contributed by atoms with Crippen molar-refractivity contribution in [3.05, 3.63) is 35.4 Å². The van der Waals surface area contributed by atoms with Crippen LogP contribution in [0.5, 0.6) is 0 Å². The van der Waals surface area contributed by atoms with Crippen LogP contribution in [0.3, 0.4) is 0 Å². The second-order valence-electron chi connectivity index (χ2n) is 5.65. The number of benzene rings is 1. The lowest BCUT2D eigenvalue weighted by Crippen LogP contribution is -2.33. The second kappa shape index (κ2) is 5.94. The van der Waals surface area contributed by atoms with Crippen LogP contribution in [-0.4, -0.2) is 36.6 Å². The van der Waals surface area contributed by atoms with Gasteiger partial charge in [-0.05, 0) is 37.3 Å². The third kappa shape index (κ3) is 2.72. The quantitative estimate of drug-likeness (QED) is 0.913. The van der Waals surface area contributed by atoms with Crippen molar-refractivity contribution in [2.75, 3.05) is 19.7 Å². The van der Waals surface area contributed by atoms with Gasteiger partial charge in [0, 0.05) is 13.2 Å². The Morgan fingerprint density at radius 2 is 2.25 bits per heavy atom. The van der Waals surface area contributed by atoms with Crippen molar-refractivity contribution in [3.63, 3.8) is 0 Å². The Kier molecular flexibility index (Phi) is 4.03. The lowest BCUT2D eigenvalue weighted by atomic mass is 10.1. The minimum Gasteiger partial charge on any atom is -0.378 e. The molecule has 1 aromatic carbocycles. The Balaban J connectivity index is 1.70. The van der Waals surface area contributed by atoms with Crippen LogP contribution in [-0.2, 0) is 9.53 Å². The highest BCUT2D eigenvalue weighted by Crippen LogP contribution is 2.26. The fourth-order valence-electron chi connectivity index (χ4n) is 3.12. The maximum atomic E-state index is 12.1. The zero-order valence-corrected chi connectivity index (χ0v) is 12.0. The SMILES string of the molecule is Cc1ccccc1C1NCC(=O)N1CCC1CCCO1. The molecule has 2 aliphatic rings. The van der Waals surface area contributed by atoms with Gasteiger partial charge in [-0.25, -0.2) is 0 Å². The van der Waals surface area contributed by atoms with Crippen molar-refractivity contribution >= 4 is 5.91 Å². The van der Waals surface area contributed by atoms with Crippen LogP contribution in [0.25, 0.3) is 0 Å². The summed E-state index contributed by atoms with van der Waals surface area (Å²) in [6.07, 6.45) is 3.57. The fraction of sp³-hybridized carbons (Fsp3) is 0.562. The summed E-state index contributed by atoms with van der Waals surface area (Å²) in [5.74, 6) is 0.191. The van der Waals surface area contributed by atoms with Crippen molar-refractivity contribution in [2.45, 2.75) is 38.5 Å². The number of rotatable bonds is 4. The molecule has 20 heavy (non-hydrogen) atoms. The van der Waals surface area contributed by atoms with Crippen molar-refractivity contribution < 1.29 is 9.53 Å². The Labute approximate surface area is 120 Å². The van der Waals surface area contributed by atoms with E-state index in [1.54, 1.807) is 0 Å². The van der Waals surface area contributed by atoms with E-state index < -0.39 is 0 Å². The number of ether oxygens (including phenoxy) is 1. The first kappa shape index (κ1) is 13.6. The third-order valence-corrected chi connectivity index (χ3v) is 4.28. The summed E-state index contributed by atoms with van der Waals surface area (Å²) in [5, 5.41) is 3.32. The topological polar surface area (TPSA) is 41.6 Å². The number of aryl methyl sites for hydroxylation is 1.